The van der Waals surface area contributed by atoms with Crippen molar-refractivity contribution < 1.29 is 4.79 Å². The zero-order valence-corrected chi connectivity index (χ0v) is 16.0. The molecule has 0 atom stereocenters. The summed E-state index contributed by atoms with van der Waals surface area (Å²) in [5.41, 5.74) is 4.43. The zero-order chi connectivity index (χ0) is 19.3. The van der Waals surface area contributed by atoms with E-state index in [1.165, 1.54) is 5.56 Å². The minimum Gasteiger partial charge on any atom is -0.358 e. The van der Waals surface area contributed by atoms with Crippen molar-refractivity contribution in [1.82, 2.24) is 19.9 Å². The predicted octanol–water partition coefficient (Wildman–Crippen LogP) is 3.62. The van der Waals surface area contributed by atoms with Crippen LogP contribution in [0, 0.1) is 6.92 Å². The summed E-state index contributed by atoms with van der Waals surface area (Å²) >= 11 is 0. The molecule has 0 aliphatic heterocycles. The first-order chi connectivity index (χ1) is 13.7. The topological polar surface area (TPSA) is 62.7 Å². The molecule has 2 N–H and O–H groups in total. The van der Waals surface area contributed by atoms with Crippen molar-refractivity contribution in [2.24, 2.45) is 0 Å². The van der Waals surface area contributed by atoms with E-state index >= 15 is 0 Å². The van der Waals surface area contributed by atoms with Gasteiger partial charge in [0.25, 0.3) is 0 Å². The van der Waals surface area contributed by atoms with Gasteiger partial charge in [-0.25, -0.2) is 4.98 Å². The minimum absolute atomic E-state index is 0.0361. The van der Waals surface area contributed by atoms with Gasteiger partial charge in [-0.2, -0.15) is 0 Å². The fourth-order valence-electron chi connectivity index (χ4n) is 3.59. The summed E-state index contributed by atoms with van der Waals surface area (Å²) in [6.45, 7) is 3.38. The second kappa shape index (κ2) is 8.13. The second-order valence-corrected chi connectivity index (χ2v) is 7.01. The summed E-state index contributed by atoms with van der Waals surface area (Å²) in [5, 5.41) is 4.16. The first kappa shape index (κ1) is 18.0. The number of hydrogen-bond donors (Lipinski definition) is 2. The lowest BCUT2D eigenvalue weighted by molar-refractivity contribution is -0.120. The molecule has 5 nitrogen and oxygen atoms in total. The van der Waals surface area contributed by atoms with Gasteiger partial charge in [-0.3, -0.25) is 4.79 Å². The molecule has 2 aromatic carbocycles. The molecule has 0 radical (unpaired) electrons. The average molecular weight is 372 g/mol. The number of carbonyl (C=O) groups is 1. The van der Waals surface area contributed by atoms with Crippen molar-refractivity contribution in [3.8, 4) is 0 Å². The van der Waals surface area contributed by atoms with Crippen LogP contribution in [0.3, 0.4) is 0 Å². The summed E-state index contributed by atoms with van der Waals surface area (Å²) < 4.78 is 2.13. The average Bonchev–Trinajstić information content (AvgIpc) is 3.27. The van der Waals surface area contributed by atoms with Crippen LogP contribution in [0.1, 0.15) is 22.6 Å². The number of rotatable bonds is 7. The van der Waals surface area contributed by atoms with Crippen molar-refractivity contribution in [3.63, 3.8) is 0 Å². The Morgan fingerprint density at radius 3 is 2.75 bits per heavy atom. The molecule has 0 bridgehead atoms. The first-order valence-corrected chi connectivity index (χ1v) is 9.57. The van der Waals surface area contributed by atoms with E-state index in [4.69, 9.17) is 0 Å². The van der Waals surface area contributed by atoms with E-state index in [-0.39, 0.29) is 5.91 Å². The Kier molecular flexibility index (Phi) is 5.24. The number of fused-ring (bicyclic) bond motifs is 1. The standard InChI is InChI=1S/C23H24N4O/c1-17-20(19-9-5-6-10-21(19)26-17)15-23(28)25-12-11-22-24-13-14-27(22)16-18-7-3-2-4-8-18/h2-10,13-14,26H,11-12,15-16H2,1H3,(H,25,28). The number of para-hydroxylation sites is 1. The van der Waals surface area contributed by atoms with Gasteiger partial charge >= 0.3 is 0 Å². The van der Waals surface area contributed by atoms with Crippen LogP contribution in [-0.2, 0) is 24.2 Å². The maximum atomic E-state index is 12.5. The van der Waals surface area contributed by atoms with Gasteiger partial charge < -0.3 is 14.9 Å². The summed E-state index contributed by atoms with van der Waals surface area (Å²) in [7, 11) is 0. The van der Waals surface area contributed by atoms with Gasteiger partial charge in [0.2, 0.25) is 5.91 Å². The van der Waals surface area contributed by atoms with E-state index in [0.29, 0.717) is 19.4 Å². The number of imidazole rings is 1. The van der Waals surface area contributed by atoms with E-state index in [2.05, 4.69) is 38.1 Å². The van der Waals surface area contributed by atoms with E-state index in [0.717, 1.165) is 34.5 Å². The summed E-state index contributed by atoms with van der Waals surface area (Å²) in [6.07, 6.45) is 4.89. The molecule has 0 spiro atoms. The maximum Gasteiger partial charge on any atom is 0.224 e. The highest BCUT2D eigenvalue weighted by Gasteiger charge is 2.12. The van der Waals surface area contributed by atoms with Crippen molar-refractivity contribution in [3.05, 3.63) is 89.6 Å². The molecule has 0 saturated heterocycles. The Hall–Kier alpha value is -3.34. The SMILES string of the molecule is Cc1[nH]c2ccccc2c1CC(=O)NCCc1nccn1Cc1ccccc1. The van der Waals surface area contributed by atoms with Crippen LogP contribution in [0.4, 0.5) is 0 Å². The molecule has 1 amide bonds. The Balaban J connectivity index is 1.34. The highest BCUT2D eigenvalue weighted by Crippen LogP contribution is 2.22. The summed E-state index contributed by atoms with van der Waals surface area (Å²) in [5.74, 6) is 1.02. The summed E-state index contributed by atoms with van der Waals surface area (Å²) in [4.78, 5) is 20.3. The van der Waals surface area contributed by atoms with Crippen molar-refractivity contribution in [2.75, 3.05) is 6.54 Å². The largest absolute Gasteiger partial charge is 0.358 e. The molecule has 0 saturated carbocycles. The lowest BCUT2D eigenvalue weighted by atomic mass is 10.1. The normalized spacial score (nSPS) is 11.0. The molecular formula is C23H24N4O. The van der Waals surface area contributed by atoms with Crippen molar-refractivity contribution in [2.45, 2.75) is 26.3 Å². The van der Waals surface area contributed by atoms with Crippen LogP contribution in [0.5, 0.6) is 0 Å². The van der Waals surface area contributed by atoms with Gasteiger partial charge in [-0.1, -0.05) is 48.5 Å². The number of carbonyl (C=O) groups excluding carboxylic acids is 1. The highest BCUT2D eigenvalue weighted by atomic mass is 16.1. The van der Waals surface area contributed by atoms with Gasteiger partial charge in [-0.15, -0.1) is 0 Å². The van der Waals surface area contributed by atoms with Gasteiger partial charge in [0.15, 0.2) is 0 Å². The van der Waals surface area contributed by atoms with E-state index in [1.54, 1.807) is 0 Å². The fourth-order valence-corrected chi connectivity index (χ4v) is 3.59. The van der Waals surface area contributed by atoms with Crippen LogP contribution < -0.4 is 5.32 Å². The van der Waals surface area contributed by atoms with Crippen molar-refractivity contribution in [1.29, 1.82) is 0 Å². The Morgan fingerprint density at radius 1 is 1.11 bits per heavy atom. The highest BCUT2D eigenvalue weighted by molar-refractivity contribution is 5.90. The zero-order valence-electron chi connectivity index (χ0n) is 16.0. The molecule has 2 aromatic heterocycles. The molecule has 142 valence electrons. The fraction of sp³-hybridized carbons (Fsp3) is 0.217. The number of benzene rings is 2. The molecule has 5 heteroatoms. The Labute approximate surface area is 164 Å². The van der Waals surface area contributed by atoms with Gasteiger partial charge in [0.05, 0.1) is 6.42 Å². The monoisotopic (exact) mass is 372 g/mol. The minimum atomic E-state index is 0.0361. The van der Waals surface area contributed by atoms with Crippen LogP contribution in [0.25, 0.3) is 10.9 Å². The van der Waals surface area contributed by atoms with Gasteiger partial charge in [-0.05, 0) is 24.1 Å². The first-order valence-electron chi connectivity index (χ1n) is 9.57. The van der Waals surface area contributed by atoms with Crippen LogP contribution in [0.2, 0.25) is 0 Å². The molecule has 4 rings (SSSR count). The lowest BCUT2D eigenvalue weighted by Crippen LogP contribution is -2.28. The second-order valence-electron chi connectivity index (χ2n) is 7.01. The summed E-state index contributed by atoms with van der Waals surface area (Å²) in [6, 6.07) is 18.4. The van der Waals surface area contributed by atoms with Gasteiger partial charge in [0.1, 0.15) is 5.82 Å². The van der Waals surface area contributed by atoms with Crippen LogP contribution >= 0.6 is 0 Å². The Bertz CT molecular complexity index is 1080. The lowest BCUT2D eigenvalue weighted by Gasteiger charge is -2.09. The van der Waals surface area contributed by atoms with E-state index in [9.17, 15) is 4.79 Å². The Morgan fingerprint density at radius 2 is 1.89 bits per heavy atom. The van der Waals surface area contributed by atoms with E-state index in [1.807, 2.05) is 55.7 Å². The molecule has 0 unspecified atom stereocenters. The van der Waals surface area contributed by atoms with Crippen molar-refractivity contribution >= 4 is 16.8 Å². The number of nitrogens with zero attached hydrogens (tertiary/aromatic N) is 2. The third-order valence-corrected chi connectivity index (χ3v) is 5.03. The number of nitrogens with one attached hydrogen (secondary N) is 2. The van der Waals surface area contributed by atoms with Gasteiger partial charge in [0, 0.05) is 48.5 Å². The molecule has 28 heavy (non-hydrogen) atoms. The maximum absolute atomic E-state index is 12.5. The van der Waals surface area contributed by atoms with Crippen LogP contribution in [-0.4, -0.2) is 27.0 Å². The molecule has 4 aromatic rings. The number of amides is 1. The third-order valence-electron chi connectivity index (χ3n) is 5.03. The molecule has 0 fully saturated rings. The molecule has 0 aliphatic carbocycles. The quantitative estimate of drug-likeness (QED) is 0.520. The number of aromatic amines is 1. The molecular weight excluding hydrogens is 348 g/mol. The third kappa shape index (κ3) is 3.98. The number of aryl methyl sites for hydroxylation is 1. The molecule has 2 heterocycles. The number of aromatic nitrogens is 3. The molecule has 0 aliphatic rings. The van der Waals surface area contributed by atoms with Crippen LogP contribution in [0.15, 0.2) is 67.0 Å². The number of H-pyrrole nitrogens is 1. The van der Waals surface area contributed by atoms with E-state index < -0.39 is 0 Å². The smallest absolute Gasteiger partial charge is 0.224 e. The number of hydrogen-bond acceptors (Lipinski definition) is 2. The predicted molar refractivity (Wildman–Crippen MR) is 111 cm³/mol.